The molecule has 1 aliphatic carbocycles. The number of imide groups is 1. The van der Waals surface area contributed by atoms with Gasteiger partial charge in [0.15, 0.2) is 0 Å². The molecule has 2 rings (SSSR count). The summed E-state index contributed by atoms with van der Waals surface area (Å²) in [5, 5.41) is 8.85. The third-order valence-corrected chi connectivity index (χ3v) is 3.11. The first-order chi connectivity index (χ1) is 7.59. The van der Waals surface area contributed by atoms with Crippen molar-refractivity contribution in [1.29, 1.82) is 0 Å². The summed E-state index contributed by atoms with van der Waals surface area (Å²) in [6.07, 6.45) is 1.47. The molecule has 2 atom stereocenters. The molecule has 1 N–H and O–H groups in total. The zero-order chi connectivity index (χ0) is 11.7. The molecule has 6 nitrogen and oxygen atoms in total. The SMILES string of the molecule is O=C(O)C1CCC(N2C(=O)COCC2=O)C1. The van der Waals surface area contributed by atoms with Gasteiger partial charge in [-0.15, -0.1) is 0 Å². The van der Waals surface area contributed by atoms with Gasteiger partial charge in [-0.2, -0.15) is 0 Å². The zero-order valence-electron chi connectivity index (χ0n) is 8.72. The summed E-state index contributed by atoms with van der Waals surface area (Å²) in [7, 11) is 0. The van der Waals surface area contributed by atoms with Crippen molar-refractivity contribution < 1.29 is 24.2 Å². The molecule has 2 unspecified atom stereocenters. The summed E-state index contributed by atoms with van der Waals surface area (Å²) in [5.74, 6) is -2.00. The van der Waals surface area contributed by atoms with Gasteiger partial charge in [-0.1, -0.05) is 0 Å². The molecule has 0 aromatic heterocycles. The Morgan fingerprint density at radius 3 is 2.38 bits per heavy atom. The second-order valence-corrected chi connectivity index (χ2v) is 4.15. The van der Waals surface area contributed by atoms with E-state index in [0.29, 0.717) is 19.3 Å². The highest BCUT2D eigenvalue weighted by Gasteiger charge is 2.39. The summed E-state index contributed by atoms with van der Waals surface area (Å²) in [5.41, 5.74) is 0. The number of carboxylic acids is 1. The Kier molecular flexibility index (Phi) is 2.91. The average Bonchev–Trinajstić information content (AvgIpc) is 2.66. The number of hydrogen-bond donors (Lipinski definition) is 1. The van der Waals surface area contributed by atoms with Crippen molar-refractivity contribution in [2.45, 2.75) is 25.3 Å². The number of amides is 2. The van der Waals surface area contributed by atoms with Gasteiger partial charge in [-0.25, -0.2) is 0 Å². The van der Waals surface area contributed by atoms with Crippen LogP contribution in [0.25, 0.3) is 0 Å². The minimum absolute atomic E-state index is 0.0834. The third kappa shape index (κ3) is 1.92. The van der Waals surface area contributed by atoms with Crippen LogP contribution in [0.4, 0.5) is 0 Å². The van der Waals surface area contributed by atoms with Crippen LogP contribution in [0.2, 0.25) is 0 Å². The van der Waals surface area contributed by atoms with E-state index in [0.717, 1.165) is 0 Å². The summed E-state index contributed by atoms with van der Waals surface area (Å²) in [6.45, 7) is -0.167. The van der Waals surface area contributed by atoms with E-state index >= 15 is 0 Å². The standard InChI is InChI=1S/C10H13NO5/c12-8-4-16-5-9(13)11(8)7-2-1-6(3-7)10(14)15/h6-7H,1-5H2,(H,14,15). The van der Waals surface area contributed by atoms with Crippen molar-refractivity contribution in [3.63, 3.8) is 0 Å². The minimum Gasteiger partial charge on any atom is -0.481 e. The number of carbonyl (C=O) groups is 3. The van der Waals surface area contributed by atoms with E-state index in [1.807, 2.05) is 0 Å². The van der Waals surface area contributed by atoms with E-state index in [4.69, 9.17) is 9.84 Å². The lowest BCUT2D eigenvalue weighted by Crippen LogP contribution is -2.50. The Morgan fingerprint density at radius 1 is 1.25 bits per heavy atom. The molecule has 0 aromatic carbocycles. The lowest BCUT2D eigenvalue weighted by atomic mass is 10.1. The highest BCUT2D eigenvalue weighted by atomic mass is 16.5. The first kappa shape index (κ1) is 11.1. The van der Waals surface area contributed by atoms with E-state index in [1.165, 1.54) is 4.90 Å². The van der Waals surface area contributed by atoms with Crippen LogP contribution in [0.5, 0.6) is 0 Å². The van der Waals surface area contributed by atoms with Crippen LogP contribution >= 0.6 is 0 Å². The Bertz CT molecular complexity index is 324. The molecule has 16 heavy (non-hydrogen) atoms. The van der Waals surface area contributed by atoms with Gasteiger partial charge < -0.3 is 9.84 Å². The molecule has 0 radical (unpaired) electrons. The number of carbonyl (C=O) groups excluding carboxylic acids is 2. The largest absolute Gasteiger partial charge is 0.481 e. The zero-order valence-corrected chi connectivity index (χ0v) is 8.72. The van der Waals surface area contributed by atoms with Crippen molar-refractivity contribution in [3.05, 3.63) is 0 Å². The number of ether oxygens (including phenoxy) is 1. The molecule has 0 spiro atoms. The molecular weight excluding hydrogens is 214 g/mol. The molecule has 88 valence electrons. The fourth-order valence-electron chi connectivity index (χ4n) is 2.33. The maximum atomic E-state index is 11.5. The maximum Gasteiger partial charge on any atom is 0.306 e. The molecule has 1 saturated carbocycles. The molecule has 2 aliphatic rings. The van der Waals surface area contributed by atoms with Gasteiger partial charge in [-0.05, 0) is 19.3 Å². The van der Waals surface area contributed by atoms with Crippen LogP contribution < -0.4 is 0 Å². The third-order valence-electron chi connectivity index (χ3n) is 3.11. The summed E-state index contributed by atoms with van der Waals surface area (Å²) >= 11 is 0. The normalized spacial score (nSPS) is 30.9. The second kappa shape index (κ2) is 4.21. The first-order valence-corrected chi connectivity index (χ1v) is 5.25. The van der Waals surface area contributed by atoms with Crippen LogP contribution in [0, 0.1) is 5.92 Å². The van der Waals surface area contributed by atoms with Gasteiger partial charge in [0.2, 0.25) is 0 Å². The fourth-order valence-corrected chi connectivity index (χ4v) is 2.33. The van der Waals surface area contributed by atoms with Crippen LogP contribution in [0.1, 0.15) is 19.3 Å². The lowest BCUT2D eigenvalue weighted by Gasteiger charge is -2.30. The monoisotopic (exact) mass is 227 g/mol. The number of carboxylic acid groups (broad SMARTS) is 1. The Morgan fingerprint density at radius 2 is 1.88 bits per heavy atom. The highest BCUT2D eigenvalue weighted by molar-refractivity contribution is 5.98. The van der Waals surface area contributed by atoms with Crippen LogP contribution in [0.3, 0.4) is 0 Å². The molecule has 2 fully saturated rings. The van der Waals surface area contributed by atoms with Gasteiger partial charge >= 0.3 is 5.97 Å². The maximum absolute atomic E-state index is 11.5. The smallest absolute Gasteiger partial charge is 0.306 e. The first-order valence-electron chi connectivity index (χ1n) is 5.25. The fraction of sp³-hybridized carbons (Fsp3) is 0.700. The number of aliphatic carboxylic acids is 1. The van der Waals surface area contributed by atoms with E-state index in [-0.39, 0.29) is 31.1 Å². The molecule has 2 amide bonds. The van der Waals surface area contributed by atoms with Gasteiger partial charge in [0.1, 0.15) is 13.2 Å². The Balaban J connectivity index is 2.05. The summed E-state index contributed by atoms with van der Waals surface area (Å²) < 4.78 is 4.80. The van der Waals surface area contributed by atoms with E-state index < -0.39 is 11.9 Å². The second-order valence-electron chi connectivity index (χ2n) is 4.15. The van der Waals surface area contributed by atoms with Gasteiger partial charge in [0, 0.05) is 6.04 Å². The minimum atomic E-state index is -0.851. The number of rotatable bonds is 2. The molecule has 0 aromatic rings. The lowest BCUT2D eigenvalue weighted by molar-refractivity contribution is -0.161. The summed E-state index contributed by atoms with van der Waals surface area (Å²) in [6, 6.07) is -0.259. The number of hydrogen-bond acceptors (Lipinski definition) is 4. The van der Waals surface area contributed by atoms with Crippen molar-refractivity contribution in [3.8, 4) is 0 Å². The van der Waals surface area contributed by atoms with Crippen LogP contribution in [-0.2, 0) is 19.1 Å². The van der Waals surface area contributed by atoms with E-state index in [1.54, 1.807) is 0 Å². The molecule has 0 bridgehead atoms. The van der Waals surface area contributed by atoms with Crippen molar-refractivity contribution in [1.82, 2.24) is 4.90 Å². The Labute approximate surface area is 92.2 Å². The number of nitrogens with zero attached hydrogens (tertiary/aromatic N) is 1. The average molecular weight is 227 g/mol. The topological polar surface area (TPSA) is 83.9 Å². The molecule has 1 aliphatic heterocycles. The van der Waals surface area contributed by atoms with Gasteiger partial charge in [-0.3, -0.25) is 19.3 Å². The molecular formula is C10H13NO5. The summed E-state index contributed by atoms with van der Waals surface area (Å²) in [4.78, 5) is 35.0. The van der Waals surface area contributed by atoms with Crippen molar-refractivity contribution in [2.75, 3.05) is 13.2 Å². The van der Waals surface area contributed by atoms with E-state index in [9.17, 15) is 14.4 Å². The van der Waals surface area contributed by atoms with Crippen molar-refractivity contribution >= 4 is 17.8 Å². The molecule has 1 heterocycles. The predicted molar refractivity (Wildman–Crippen MR) is 51.4 cm³/mol. The van der Waals surface area contributed by atoms with Crippen molar-refractivity contribution in [2.24, 2.45) is 5.92 Å². The highest BCUT2D eigenvalue weighted by Crippen LogP contribution is 2.30. The quantitative estimate of drug-likeness (QED) is 0.650. The molecule has 6 heteroatoms. The van der Waals surface area contributed by atoms with Gasteiger partial charge in [0.25, 0.3) is 11.8 Å². The van der Waals surface area contributed by atoms with Gasteiger partial charge in [0.05, 0.1) is 5.92 Å². The van der Waals surface area contributed by atoms with Crippen LogP contribution in [0.15, 0.2) is 0 Å². The van der Waals surface area contributed by atoms with Crippen LogP contribution in [-0.4, -0.2) is 47.0 Å². The molecule has 1 saturated heterocycles. The van der Waals surface area contributed by atoms with E-state index in [2.05, 4.69) is 0 Å². The Hall–Kier alpha value is -1.43. The number of morpholine rings is 1. The predicted octanol–water partition coefficient (Wildman–Crippen LogP) is -0.375.